The highest BCUT2D eigenvalue weighted by Crippen LogP contribution is 2.27. The summed E-state index contributed by atoms with van der Waals surface area (Å²) in [4.78, 5) is 11.5. The predicted molar refractivity (Wildman–Crippen MR) is 72.3 cm³/mol. The van der Waals surface area contributed by atoms with Gasteiger partial charge >= 0.3 is 5.97 Å². The van der Waals surface area contributed by atoms with Crippen molar-refractivity contribution in [2.24, 2.45) is 0 Å². The molecule has 0 aliphatic carbocycles. The van der Waals surface area contributed by atoms with Gasteiger partial charge < -0.3 is 10.5 Å². The van der Waals surface area contributed by atoms with Crippen LogP contribution >= 0.6 is 0 Å². The van der Waals surface area contributed by atoms with Gasteiger partial charge in [0.2, 0.25) is 0 Å². The standard InChI is InChI=1S/C15H14FNO2/c1-9-7-14(16)13(15(18)19-2)8-12(9)10-3-5-11(17)6-4-10/h3-8H,17H2,1-2H3. The Morgan fingerprint density at radius 2 is 1.84 bits per heavy atom. The number of halogens is 1. The van der Waals surface area contributed by atoms with Crippen LogP contribution in [0.4, 0.5) is 10.1 Å². The van der Waals surface area contributed by atoms with E-state index in [4.69, 9.17) is 5.73 Å². The van der Waals surface area contributed by atoms with Gasteiger partial charge in [0.05, 0.1) is 12.7 Å². The molecular weight excluding hydrogens is 245 g/mol. The van der Waals surface area contributed by atoms with Gasteiger partial charge in [-0.15, -0.1) is 0 Å². The number of benzene rings is 2. The first-order valence-electron chi connectivity index (χ1n) is 5.77. The molecule has 0 saturated carbocycles. The summed E-state index contributed by atoms with van der Waals surface area (Å²) in [6, 6.07) is 10.0. The molecule has 0 amide bonds. The topological polar surface area (TPSA) is 52.3 Å². The number of hydrogen-bond donors (Lipinski definition) is 1. The zero-order valence-corrected chi connectivity index (χ0v) is 10.7. The number of rotatable bonds is 2. The Bertz CT molecular complexity index is 621. The molecule has 0 aliphatic heterocycles. The number of methoxy groups -OCH3 is 1. The fourth-order valence-corrected chi connectivity index (χ4v) is 1.91. The summed E-state index contributed by atoms with van der Waals surface area (Å²) in [7, 11) is 1.23. The molecule has 0 unspecified atom stereocenters. The van der Waals surface area contributed by atoms with Crippen molar-refractivity contribution in [2.75, 3.05) is 12.8 Å². The van der Waals surface area contributed by atoms with Crippen molar-refractivity contribution in [3.63, 3.8) is 0 Å². The van der Waals surface area contributed by atoms with Crippen LogP contribution in [0.2, 0.25) is 0 Å². The molecule has 0 heterocycles. The second kappa shape index (κ2) is 5.10. The van der Waals surface area contributed by atoms with E-state index in [1.807, 2.05) is 12.1 Å². The van der Waals surface area contributed by atoms with Crippen LogP contribution in [-0.2, 0) is 4.74 Å². The fourth-order valence-electron chi connectivity index (χ4n) is 1.91. The lowest BCUT2D eigenvalue weighted by Gasteiger charge is -2.10. The molecule has 0 radical (unpaired) electrons. The number of aryl methyl sites for hydroxylation is 1. The number of carbonyl (C=O) groups is 1. The summed E-state index contributed by atoms with van der Waals surface area (Å²) in [5.41, 5.74) is 8.61. The Morgan fingerprint density at radius 1 is 1.21 bits per heavy atom. The Balaban J connectivity index is 2.57. The largest absolute Gasteiger partial charge is 0.465 e. The Morgan fingerprint density at radius 3 is 2.42 bits per heavy atom. The zero-order chi connectivity index (χ0) is 14.0. The third kappa shape index (κ3) is 2.57. The van der Waals surface area contributed by atoms with Crippen molar-refractivity contribution in [3.8, 4) is 11.1 Å². The second-order valence-electron chi connectivity index (χ2n) is 4.26. The first-order valence-corrected chi connectivity index (χ1v) is 5.77. The lowest BCUT2D eigenvalue weighted by atomic mass is 9.97. The van der Waals surface area contributed by atoms with Gasteiger partial charge in [-0.2, -0.15) is 0 Å². The monoisotopic (exact) mass is 259 g/mol. The number of anilines is 1. The van der Waals surface area contributed by atoms with E-state index in [0.29, 0.717) is 5.69 Å². The Kier molecular flexibility index (Phi) is 3.51. The fraction of sp³-hybridized carbons (Fsp3) is 0.133. The molecule has 19 heavy (non-hydrogen) atoms. The SMILES string of the molecule is COC(=O)c1cc(-c2ccc(N)cc2)c(C)cc1F. The number of esters is 1. The molecule has 0 aliphatic rings. The van der Waals surface area contributed by atoms with Crippen LogP contribution < -0.4 is 5.73 Å². The van der Waals surface area contributed by atoms with Gasteiger partial charge in [0, 0.05) is 5.69 Å². The molecule has 98 valence electrons. The number of carbonyl (C=O) groups excluding carboxylic acids is 1. The minimum absolute atomic E-state index is 0.0695. The van der Waals surface area contributed by atoms with Crippen LogP contribution in [0.25, 0.3) is 11.1 Å². The summed E-state index contributed by atoms with van der Waals surface area (Å²) in [6.07, 6.45) is 0. The van der Waals surface area contributed by atoms with Gasteiger partial charge in [0.1, 0.15) is 5.82 Å². The minimum Gasteiger partial charge on any atom is -0.465 e. The molecule has 0 saturated heterocycles. The van der Waals surface area contributed by atoms with E-state index < -0.39 is 11.8 Å². The molecule has 2 aromatic rings. The number of nitrogen functional groups attached to an aromatic ring is 1. The highest BCUT2D eigenvalue weighted by Gasteiger charge is 2.15. The number of hydrogen-bond acceptors (Lipinski definition) is 3. The quantitative estimate of drug-likeness (QED) is 0.665. The van der Waals surface area contributed by atoms with Gasteiger partial charge in [-0.25, -0.2) is 9.18 Å². The van der Waals surface area contributed by atoms with Crippen LogP contribution in [-0.4, -0.2) is 13.1 Å². The first kappa shape index (κ1) is 13.1. The van der Waals surface area contributed by atoms with Gasteiger partial charge in [0.15, 0.2) is 0 Å². The maximum absolute atomic E-state index is 13.7. The highest BCUT2D eigenvalue weighted by molar-refractivity contribution is 5.91. The number of ether oxygens (including phenoxy) is 1. The summed E-state index contributed by atoms with van der Waals surface area (Å²) < 4.78 is 18.3. The Labute approximate surface area is 110 Å². The van der Waals surface area contributed by atoms with Crippen molar-refractivity contribution < 1.29 is 13.9 Å². The van der Waals surface area contributed by atoms with Crippen LogP contribution in [0.15, 0.2) is 36.4 Å². The van der Waals surface area contributed by atoms with E-state index in [0.717, 1.165) is 16.7 Å². The van der Waals surface area contributed by atoms with Crippen LogP contribution in [0.3, 0.4) is 0 Å². The normalized spacial score (nSPS) is 10.3. The van der Waals surface area contributed by atoms with Crippen LogP contribution in [0.1, 0.15) is 15.9 Å². The molecule has 2 rings (SSSR count). The third-order valence-corrected chi connectivity index (χ3v) is 2.94. The molecule has 3 nitrogen and oxygen atoms in total. The van der Waals surface area contributed by atoms with E-state index in [-0.39, 0.29) is 5.56 Å². The third-order valence-electron chi connectivity index (χ3n) is 2.94. The smallest absolute Gasteiger partial charge is 0.340 e. The second-order valence-corrected chi connectivity index (χ2v) is 4.26. The van der Waals surface area contributed by atoms with Gasteiger partial charge in [-0.1, -0.05) is 12.1 Å². The molecule has 2 N–H and O–H groups in total. The first-order chi connectivity index (χ1) is 9.02. The summed E-state index contributed by atoms with van der Waals surface area (Å²) in [5.74, 6) is -1.27. The van der Waals surface area contributed by atoms with Crippen LogP contribution in [0, 0.1) is 12.7 Å². The average Bonchev–Trinajstić information content (AvgIpc) is 2.39. The van der Waals surface area contributed by atoms with E-state index in [9.17, 15) is 9.18 Å². The molecule has 0 atom stereocenters. The van der Waals surface area contributed by atoms with E-state index in [1.54, 1.807) is 19.1 Å². The van der Waals surface area contributed by atoms with Crippen molar-refractivity contribution in [2.45, 2.75) is 6.92 Å². The van der Waals surface area contributed by atoms with Gasteiger partial charge in [-0.3, -0.25) is 0 Å². The van der Waals surface area contributed by atoms with Crippen molar-refractivity contribution >= 4 is 11.7 Å². The molecular formula is C15H14FNO2. The van der Waals surface area contributed by atoms with E-state index in [2.05, 4.69) is 4.74 Å². The lowest BCUT2D eigenvalue weighted by molar-refractivity contribution is 0.0595. The predicted octanol–water partition coefficient (Wildman–Crippen LogP) is 3.17. The molecule has 0 bridgehead atoms. The molecule has 2 aromatic carbocycles. The number of nitrogens with two attached hydrogens (primary N) is 1. The zero-order valence-electron chi connectivity index (χ0n) is 10.7. The maximum Gasteiger partial charge on any atom is 0.340 e. The van der Waals surface area contributed by atoms with Crippen molar-refractivity contribution in [1.82, 2.24) is 0 Å². The van der Waals surface area contributed by atoms with Gasteiger partial charge in [-0.05, 0) is 47.9 Å². The maximum atomic E-state index is 13.7. The molecule has 0 fully saturated rings. The average molecular weight is 259 g/mol. The Hall–Kier alpha value is -2.36. The van der Waals surface area contributed by atoms with Gasteiger partial charge in [0.25, 0.3) is 0 Å². The van der Waals surface area contributed by atoms with Crippen molar-refractivity contribution in [3.05, 3.63) is 53.3 Å². The van der Waals surface area contributed by atoms with Crippen LogP contribution in [0.5, 0.6) is 0 Å². The molecule has 0 spiro atoms. The highest BCUT2D eigenvalue weighted by atomic mass is 19.1. The lowest BCUT2D eigenvalue weighted by Crippen LogP contribution is -2.05. The minimum atomic E-state index is -0.686. The van der Waals surface area contributed by atoms with Crippen molar-refractivity contribution in [1.29, 1.82) is 0 Å². The summed E-state index contributed by atoms with van der Waals surface area (Å²) in [6.45, 7) is 1.79. The summed E-state index contributed by atoms with van der Waals surface area (Å²) >= 11 is 0. The van der Waals surface area contributed by atoms with E-state index in [1.165, 1.54) is 19.2 Å². The van der Waals surface area contributed by atoms with E-state index >= 15 is 0 Å². The molecule has 4 heteroatoms. The molecule has 0 aromatic heterocycles. The summed E-state index contributed by atoms with van der Waals surface area (Å²) in [5, 5.41) is 0.